The summed E-state index contributed by atoms with van der Waals surface area (Å²) in [4.78, 5) is 0.163. The lowest BCUT2D eigenvalue weighted by molar-refractivity contribution is 0.350. The number of nitrogens with two attached hydrogens (primary N) is 1. The van der Waals surface area contributed by atoms with Gasteiger partial charge in [0, 0.05) is 11.7 Å². The fourth-order valence-electron chi connectivity index (χ4n) is 2.72. The Labute approximate surface area is 115 Å². The zero-order valence-electron chi connectivity index (χ0n) is 11.7. The zero-order chi connectivity index (χ0) is 14.3. The first-order valence-electron chi connectivity index (χ1n) is 6.60. The number of hydrogen-bond acceptors (Lipinski definition) is 3. The molecule has 1 aliphatic rings. The molecule has 0 saturated heterocycles. The molecule has 0 heterocycles. The van der Waals surface area contributed by atoms with Gasteiger partial charge in [-0.3, -0.25) is 0 Å². The largest absolute Gasteiger partial charge is 0.382 e. The first-order chi connectivity index (χ1) is 8.70. The van der Waals surface area contributed by atoms with E-state index in [4.69, 9.17) is 5.14 Å². The Hall–Kier alpha value is -1.07. The lowest BCUT2D eigenvalue weighted by Crippen LogP contribution is -2.31. The molecule has 4 nitrogen and oxygen atoms in total. The van der Waals surface area contributed by atoms with Gasteiger partial charge in [-0.05, 0) is 42.9 Å². The monoisotopic (exact) mass is 282 g/mol. The average molecular weight is 282 g/mol. The van der Waals surface area contributed by atoms with Crippen LogP contribution in [0.15, 0.2) is 23.1 Å². The topological polar surface area (TPSA) is 72.2 Å². The summed E-state index contributed by atoms with van der Waals surface area (Å²) in [6.45, 7) is 6.46. The quantitative estimate of drug-likeness (QED) is 0.895. The lowest BCUT2D eigenvalue weighted by Gasteiger charge is -2.29. The molecular weight excluding hydrogens is 260 g/mol. The molecule has 0 spiro atoms. The number of primary sulfonamides is 1. The van der Waals surface area contributed by atoms with Crippen molar-refractivity contribution < 1.29 is 8.42 Å². The van der Waals surface area contributed by atoms with E-state index in [0.29, 0.717) is 6.04 Å². The van der Waals surface area contributed by atoms with Gasteiger partial charge < -0.3 is 5.32 Å². The molecule has 19 heavy (non-hydrogen) atoms. The van der Waals surface area contributed by atoms with E-state index in [2.05, 4.69) is 19.2 Å². The van der Waals surface area contributed by atoms with Gasteiger partial charge in [0.1, 0.15) is 0 Å². The van der Waals surface area contributed by atoms with Crippen molar-refractivity contribution in [1.29, 1.82) is 0 Å². The summed E-state index contributed by atoms with van der Waals surface area (Å²) in [5.74, 6) is 0. The summed E-state index contributed by atoms with van der Waals surface area (Å²) in [5.41, 5.74) is 2.14. The van der Waals surface area contributed by atoms with Gasteiger partial charge in [0.2, 0.25) is 10.0 Å². The van der Waals surface area contributed by atoms with Crippen LogP contribution < -0.4 is 10.5 Å². The minimum absolute atomic E-state index is 0.163. The maximum absolute atomic E-state index is 11.4. The van der Waals surface area contributed by atoms with Crippen molar-refractivity contribution in [2.45, 2.75) is 51.0 Å². The molecule has 3 N–H and O–H groups in total. The predicted octanol–water partition coefficient (Wildman–Crippen LogP) is 2.63. The molecule has 1 fully saturated rings. The molecule has 1 atom stereocenters. The van der Waals surface area contributed by atoms with Crippen molar-refractivity contribution >= 4 is 15.7 Å². The summed E-state index contributed by atoms with van der Waals surface area (Å²) in [6.07, 6.45) is 3.52. The maximum atomic E-state index is 11.4. The predicted molar refractivity (Wildman–Crippen MR) is 77.6 cm³/mol. The van der Waals surface area contributed by atoms with Crippen molar-refractivity contribution in [2.24, 2.45) is 10.6 Å². The third-order valence-corrected chi connectivity index (χ3v) is 5.04. The molecule has 1 saturated carbocycles. The van der Waals surface area contributed by atoms with Crippen LogP contribution in [0.4, 0.5) is 5.69 Å². The molecule has 1 aromatic carbocycles. The SMILES string of the molecule is Cc1ccc(S(N)(=O)=O)cc1NC1CCCC1(C)C. The van der Waals surface area contributed by atoms with Crippen LogP contribution in [0.2, 0.25) is 0 Å². The van der Waals surface area contributed by atoms with Crippen LogP contribution in [0, 0.1) is 12.3 Å². The Bertz CT molecular complexity index is 579. The number of hydrogen-bond donors (Lipinski definition) is 2. The van der Waals surface area contributed by atoms with E-state index in [1.54, 1.807) is 18.2 Å². The summed E-state index contributed by atoms with van der Waals surface area (Å²) in [5, 5.41) is 8.67. The number of anilines is 1. The van der Waals surface area contributed by atoms with E-state index in [-0.39, 0.29) is 10.3 Å². The zero-order valence-corrected chi connectivity index (χ0v) is 12.5. The Morgan fingerprint density at radius 3 is 2.58 bits per heavy atom. The number of aryl methyl sites for hydroxylation is 1. The van der Waals surface area contributed by atoms with Gasteiger partial charge in [-0.25, -0.2) is 13.6 Å². The van der Waals surface area contributed by atoms with Gasteiger partial charge in [0.05, 0.1) is 4.90 Å². The van der Waals surface area contributed by atoms with Crippen LogP contribution in [-0.2, 0) is 10.0 Å². The molecule has 5 heteroatoms. The fourth-order valence-corrected chi connectivity index (χ4v) is 3.26. The summed E-state index contributed by atoms with van der Waals surface area (Å²) in [6, 6.07) is 5.36. The van der Waals surface area contributed by atoms with Crippen LogP contribution in [-0.4, -0.2) is 14.5 Å². The highest BCUT2D eigenvalue weighted by atomic mass is 32.2. The Kier molecular flexibility index (Phi) is 3.62. The summed E-state index contributed by atoms with van der Waals surface area (Å²) in [7, 11) is -3.64. The minimum Gasteiger partial charge on any atom is -0.382 e. The van der Waals surface area contributed by atoms with E-state index in [1.165, 1.54) is 12.8 Å². The molecule has 1 aliphatic carbocycles. The van der Waals surface area contributed by atoms with Crippen LogP contribution in [0.5, 0.6) is 0 Å². The third-order valence-electron chi connectivity index (χ3n) is 4.12. The van der Waals surface area contributed by atoms with Gasteiger partial charge in [0.15, 0.2) is 0 Å². The number of nitrogens with one attached hydrogen (secondary N) is 1. The molecule has 2 rings (SSSR count). The first-order valence-corrected chi connectivity index (χ1v) is 8.15. The third kappa shape index (κ3) is 3.09. The van der Waals surface area contributed by atoms with Gasteiger partial charge in [-0.1, -0.05) is 26.3 Å². The molecule has 0 radical (unpaired) electrons. The number of sulfonamides is 1. The average Bonchev–Trinajstić information content (AvgIpc) is 2.60. The van der Waals surface area contributed by atoms with Gasteiger partial charge in [-0.2, -0.15) is 0 Å². The van der Waals surface area contributed by atoms with E-state index >= 15 is 0 Å². The second-order valence-electron chi connectivity index (χ2n) is 6.10. The molecule has 0 aliphatic heterocycles. The molecule has 1 aromatic rings. The molecule has 0 amide bonds. The van der Waals surface area contributed by atoms with Crippen molar-refractivity contribution in [3.63, 3.8) is 0 Å². The van der Waals surface area contributed by atoms with E-state index in [9.17, 15) is 8.42 Å². The Morgan fingerprint density at radius 2 is 2.05 bits per heavy atom. The highest BCUT2D eigenvalue weighted by molar-refractivity contribution is 7.89. The van der Waals surface area contributed by atoms with Crippen molar-refractivity contribution in [1.82, 2.24) is 0 Å². The van der Waals surface area contributed by atoms with E-state index < -0.39 is 10.0 Å². The second kappa shape index (κ2) is 4.80. The van der Waals surface area contributed by atoms with E-state index in [0.717, 1.165) is 17.7 Å². The molecule has 106 valence electrons. The van der Waals surface area contributed by atoms with Crippen LogP contribution in [0.25, 0.3) is 0 Å². The standard InChI is InChI=1S/C14H22N2O2S/c1-10-6-7-11(19(15,17)18)9-12(10)16-13-5-4-8-14(13,2)3/h6-7,9,13,16H,4-5,8H2,1-3H3,(H2,15,17,18). The highest BCUT2D eigenvalue weighted by Crippen LogP contribution is 2.39. The van der Waals surface area contributed by atoms with Gasteiger partial charge in [-0.15, -0.1) is 0 Å². The van der Waals surface area contributed by atoms with Crippen LogP contribution >= 0.6 is 0 Å². The maximum Gasteiger partial charge on any atom is 0.238 e. The number of rotatable bonds is 3. The molecular formula is C14H22N2O2S. The van der Waals surface area contributed by atoms with Gasteiger partial charge >= 0.3 is 0 Å². The summed E-state index contributed by atoms with van der Waals surface area (Å²) >= 11 is 0. The summed E-state index contributed by atoms with van der Waals surface area (Å²) < 4.78 is 22.8. The minimum atomic E-state index is -3.64. The Balaban J connectivity index is 2.30. The van der Waals surface area contributed by atoms with Crippen LogP contribution in [0.3, 0.4) is 0 Å². The molecule has 0 bridgehead atoms. The molecule has 1 unspecified atom stereocenters. The number of benzene rings is 1. The van der Waals surface area contributed by atoms with Gasteiger partial charge in [0.25, 0.3) is 0 Å². The fraction of sp³-hybridized carbons (Fsp3) is 0.571. The lowest BCUT2D eigenvalue weighted by atomic mass is 9.87. The first kappa shape index (κ1) is 14.3. The van der Waals surface area contributed by atoms with Crippen molar-refractivity contribution in [3.05, 3.63) is 23.8 Å². The van der Waals surface area contributed by atoms with E-state index in [1.807, 2.05) is 6.92 Å². The normalized spacial score (nSPS) is 22.4. The molecule has 0 aromatic heterocycles. The smallest absolute Gasteiger partial charge is 0.238 e. The van der Waals surface area contributed by atoms with Crippen molar-refractivity contribution in [2.75, 3.05) is 5.32 Å². The second-order valence-corrected chi connectivity index (χ2v) is 7.66. The van der Waals surface area contributed by atoms with Crippen molar-refractivity contribution in [3.8, 4) is 0 Å². The van der Waals surface area contributed by atoms with Crippen LogP contribution in [0.1, 0.15) is 38.7 Å². The Morgan fingerprint density at radius 1 is 1.37 bits per heavy atom. The highest BCUT2D eigenvalue weighted by Gasteiger charge is 2.34.